The smallest absolute Gasteiger partial charge is 0.307 e. The molecule has 0 atom stereocenters. The SMILES string of the molecule is O=C(O)Cc1cccc2c1Sc1ccccc1N2. The maximum absolute atomic E-state index is 10.9. The predicted octanol–water partition coefficient (Wildman–Crippen LogP) is 3.52. The molecule has 1 aliphatic heterocycles. The number of carboxylic acid groups (broad SMARTS) is 1. The van der Waals surface area contributed by atoms with Gasteiger partial charge in [-0.3, -0.25) is 4.79 Å². The van der Waals surface area contributed by atoms with E-state index in [1.807, 2.05) is 42.5 Å². The van der Waals surface area contributed by atoms with Gasteiger partial charge in [-0.25, -0.2) is 0 Å². The maximum Gasteiger partial charge on any atom is 0.307 e. The Morgan fingerprint density at radius 3 is 2.72 bits per heavy atom. The zero-order valence-electron chi connectivity index (χ0n) is 9.51. The number of anilines is 2. The van der Waals surface area contributed by atoms with Gasteiger partial charge in [-0.15, -0.1) is 0 Å². The quantitative estimate of drug-likeness (QED) is 0.737. The summed E-state index contributed by atoms with van der Waals surface area (Å²) in [4.78, 5) is 13.0. The van der Waals surface area contributed by atoms with Crippen molar-refractivity contribution in [3.63, 3.8) is 0 Å². The lowest BCUT2D eigenvalue weighted by molar-refractivity contribution is -0.136. The predicted molar refractivity (Wildman–Crippen MR) is 71.6 cm³/mol. The van der Waals surface area contributed by atoms with Crippen molar-refractivity contribution in [3.05, 3.63) is 48.0 Å². The monoisotopic (exact) mass is 257 g/mol. The van der Waals surface area contributed by atoms with Crippen LogP contribution in [0.5, 0.6) is 0 Å². The van der Waals surface area contributed by atoms with Gasteiger partial charge in [-0.05, 0) is 23.8 Å². The molecule has 0 saturated heterocycles. The van der Waals surface area contributed by atoms with Gasteiger partial charge in [0.05, 0.1) is 17.8 Å². The van der Waals surface area contributed by atoms with E-state index in [4.69, 9.17) is 5.11 Å². The normalized spacial score (nSPS) is 12.2. The molecule has 2 N–H and O–H groups in total. The Kier molecular flexibility index (Phi) is 2.72. The number of para-hydroxylation sites is 1. The molecule has 1 heterocycles. The van der Waals surface area contributed by atoms with Crippen molar-refractivity contribution in [2.24, 2.45) is 0 Å². The van der Waals surface area contributed by atoms with Crippen molar-refractivity contribution < 1.29 is 9.90 Å². The molecule has 0 fully saturated rings. The van der Waals surface area contributed by atoms with Crippen molar-refractivity contribution in [2.45, 2.75) is 16.2 Å². The van der Waals surface area contributed by atoms with Gasteiger partial charge in [0.25, 0.3) is 0 Å². The number of aliphatic carboxylic acids is 1. The number of rotatable bonds is 2. The molecule has 4 heteroatoms. The van der Waals surface area contributed by atoms with E-state index in [0.717, 1.165) is 26.7 Å². The largest absolute Gasteiger partial charge is 0.481 e. The van der Waals surface area contributed by atoms with Crippen LogP contribution >= 0.6 is 11.8 Å². The third kappa shape index (κ3) is 1.95. The van der Waals surface area contributed by atoms with E-state index in [0.29, 0.717) is 0 Å². The first-order chi connectivity index (χ1) is 8.74. The summed E-state index contributed by atoms with van der Waals surface area (Å²) in [7, 11) is 0. The van der Waals surface area contributed by atoms with Crippen molar-refractivity contribution in [3.8, 4) is 0 Å². The van der Waals surface area contributed by atoms with Gasteiger partial charge in [0.2, 0.25) is 0 Å². The molecule has 0 radical (unpaired) electrons. The zero-order valence-corrected chi connectivity index (χ0v) is 10.3. The average Bonchev–Trinajstić information content (AvgIpc) is 2.36. The number of carboxylic acids is 1. The summed E-state index contributed by atoms with van der Waals surface area (Å²) in [6.07, 6.45) is 0.0556. The molecule has 0 aromatic heterocycles. The first-order valence-electron chi connectivity index (χ1n) is 5.61. The molecule has 0 unspecified atom stereocenters. The molecule has 18 heavy (non-hydrogen) atoms. The van der Waals surface area contributed by atoms with E-state index >= 15 is 0 Å². The summed E-state index contributed by atoms with van der Waals surface area (Å²) in [5.74, 6) is -0.803. The second-order valence-electron chi connectivity index (χ2n) is 4.09. The Morgan fingerprint density at radius 2 is 1.89 bits per heavy atom. The number of nitrogens with one attached hydrogen (secondary N) is 1. The highest BCUT2D eigenvalue weighted by atomic mass is 32.2. The molecule has 0 bridgehead atoms. The van der Waals surface area contributed by atoms with Crippen molar-refractivity contribution in [1.29, 1.82) is 0 Å². The van der Waals surface area contributed by atoms with E-state index in [9.17, 15) is 4.79 Å². The fraction of sp³-hybridized carbons (Fsp3) is 0.0714. The summed E-state index contributed by atoms with van der Waals surface area (Å²) in [6, 6.07) is 13.8. The van der Waals surface area contributed by atoms with E-state index < -0.39 is 5.97 Å². The van der Waals surface area contributed by atoms with Crippen LogP contribution in [0.2, 0.25) is 0 Å². The fourth-order valence-corrected chi connectivity index (χ4v) is 3.12. The highest BCUT2D eigenvalue weighted by molar-refractivity contribution is 7.99. The summed E-state index contributed by atoms with van der Waals surface area (Å²) in [6.45, 7) is 0. The molecule has 2 aromatic rings. The first kappa shape index (κ1) is 11.2. The minimum absolute atomic E-state index is 0.0556. The van der Waals surface area contributed by atoms with Gasteiger partial charge >= 0.3 is 5.97 Å². The van der Waals surface area contributed by atoms with Crippen LogP contribution in [0.25, 0.3) is 0 Å². The van der Waals surface area contributed by atoms with Gasteiger partial charge < -0.3 is 10.4 Å². The lowest BCUT2D eigenvalue weighted by Gasteiger charge is -2.22. The van der Waals surface area contributed by atoms with Crippen LogP contribution in [-0.4, -0.2) is 11.1 Å². The average molecular weight is 257 g/mol. The molecule has 0 aliphatic carbocycles. The van der Waals surface area contributed by atoms with Crippen molar-refractivity contribution in [2.75, 3.05) is 5.32 Å². The molecule has 1 aliphatic rings. The molecule has 3 nitrogen and oxygen atoms in total. The Morgan fingerprint density at radius 1 is 1.11 bits per heavy atom. The first-order valence-corrected chi connectivity index (χ1v) is 6.43. The Labute approximate surface area is 109 Å². The molecule has 0 amide bonds. The standard InChI is InChI=1S/C14H11NO2S/c16-13(17)8-9-4-3-6-11-14(9)18-12-7-2-1-5-10(12)15-11/h1-7,15H,8H2,(H,16,17). The summed E-state index contributed by atoms with van der Waals surface area (Å²) >= 11 is 1.63. The minimum atomic E-state index is -0.803. The molecule has 0 spiro atoms. The van der Waals surface area contributed by atoms with Crippen LogP contribution in [0.15, 0.2) is 52.3 Å². The van der Waals surface area contributed by atoms with Gasteiger partial charge in [0, 0.05) is 9.79 Å². The third-order valence-corrected chi connectivity index (χ3v) is 4.07. The van der Waals surface area contributed by atoms with E-state index in [1.165, 1.54) is 0 Å². The van der Waals surface area contributed by atoms with Gasteiger partial charge in [0.15, 0.2) is 0 Å². The number of hydrogen-bond donors (Lipinski definition) is 2. The van der Waals surface area contributed by atoms with Gasteiger partial charge in [-0.2, -0.15) is 0 Å². The van der Waals surface area contributed by atoms with Crippen molar-refractivity contribution in [1.82, 2.24) is 0 Å². The van der Waals surface area contributed by atoms with Gasteiger partial charge in [-0.1, -0.05) is 36.0 Å². The number of fused-ring (bicyclic) bond motifs is 2. The molecule has 3 rings (SSSR count). The molecule has 0 saturated carbocycles. The van der Waals surface area contributed by atoms with Gasteiger partial charge in [0.1, 0.15) is 0 Å². The molecular formula is C14H11NO2S. The number of benzene rings is 2. The maximum atomic E-state index is 10.9. The van der Waals surface area contributed by atoms with Crippen molar-refractivity contribution >= 4 is 29.1 Å². The van der Waals surface area contributed by atoms with E-state index in [2.05, 4.69) is 5.32 Å². The second-order valence-corrected chi connectivity index (χ2v) is 5.14. The third-order valence-electron chi connectivity index (χ3n) is 2.81. The van der Waals surface area contributed by atoms with Crippen LogP contribution in [0.3, 0.4) is 0 Å². The topological polar surface area (TPSA) is 49.3 Å². The van der Waals surface area contributed by atoms with E-state index in [-0.39, 0.29) is 6.42 Å². The lowest BCUT2D eigenvalue weighted by atomic mass is 10.1. The fourth-order valence-electron chi connectivity index (χ4n) is 2.02. The highest BCUT2D eigenvalue weighted by Gasteiger charge is 2.18. The van der Waals surface area contributed by atoms with Crippen LogP contribution in [-0.2, 0) is 11.2 Å². The van der Waals surface area contributed by atoms with Crippen LogP contribution in [0, 0.1) is 0 Å². The zero-order chi connectivity index (χ0) is 12.5. The molecular weight excluding hydrogens is 246 g/mol. The summed E-state index contributed by atoms with van der Waals surface area (Å²) in [5, 5.41) is 12.3. The Bertz CT molecular complexity index is 625. The number of carbonyl (C=O) groups is 1. The summed E-state index contributed by atoms with van der Waals surface area (Å²) < 4.78 is 0. The van der Waals surface area contributed by atoms with Crippen LogP contribution < -0.4 is 5.32 Å². The molecule has 2 aromatic carbocycles. The number of hydrogen-bond acceptors (Lipinski definition) is 3. The second kappa shape index (κ2) is 4.38. The lowest BCUT2D eigenvalue weighted by Crippen LogP contribution is -2.06. The van der Waals surface area contributed by atoms with Crippen LogP contribution in [0.1, 0.15) is 5.56 Å². The minimum Gasteiger partial charge on any atom is -0.481 e. The van der Waals surface area contributed by atoms with E-state index in [1.54, 1.807) is 11.8 Å². The summed E-state index contributed by atoms with van der Waals surface area (Å²) in [5.41, 5.74) is 2.91. The Balaban J connectivity index is 2.04. The highest BCUT2D eigenvalue weighted by Crippen LogP contribution is 2.45. The Hall–Kier alpha value is -1.94. The van der Waals surface area contributed by atoms with Crippen LogP contribution in [0.4, 0.5) is 11.4 Å². The molecule has 90 valence electrons.